The Morgan fingerprint density at radius 2 is 2.15 bits per heavy atom. The molecule has 1 aromatic rings. The molecule has 0 aromatic heterocycles. The first kappa shape index (κ1) is 15.5. The smallest absolute Gasteiger partial charge is 0.165 e. The number of piperazine rings is 1. The van der Waals surface area contributed by atoms with Crippen molar-refractivity contribution in [2.75, 3.05) is 26.2 Å². The second kappa shape index (κ2) is 7.20. The largest absolute Gasteiger partial charge is 0.505 e. The lowest BCUT2D eigenvalue weighted by molar-refractivity contribution is 0.162. The maximum Gasteiger partial charge on any atom is 0.165 e. The number of nitrogens with one attached hydrogen (secondary N) is 1. The molecule has 3 nitrogen and oxygen atoms in total. The van der Waals surface area contributed by atoms with E-state index in [1.165, 1.54) is 6.07 Å². The molecule has 1 aliphatic rings. The summed E-state index contributed by atoms with van der Waals surface area (Å²) < 4.78 is 14.4. The van der Waals surface area contributed by atoms with Gasteiger partial charge in [0.1, 0.15) is 0 Å². The van der Waals surface area contributed by atoms with Gasteiger partial charge in [-0.05, 0) is 25.0 Å². The molecule has 1 heterocycles. The highest BCUT2D eigenvalue weighted by molar-refractivity contribution is 9.10. The number of halogens is 2. The van der Waals surface area contributed by atoms with Crippen LogP contribution in [0.15, 0.2) is 29.3 Å². The number of rotatable bonds is 5. The number of hydrogen-bond acceptors (Lipinski definition) is 3. The number of nitrogens with zero attached hydrogens (tertiary/aromatic N) is 1. The van der Waals surface area contributed by atoms with Crippen LogP contribution in [0, 0.1) is 5.82 Å². The van der Waals surface area contributed by atoms with Crippen molar-refractivity contribution in [3.63, 3.8) is 0 Å². The lowest BCUT2D eigenvalue weighted by Crippen LogP contribution is -2.45. The molecule has 0 amide bonds. The molecule has 0 radical (unpaired) electrons. The fourth-order valence-corrected chi connectivity index (χ4v) is 3.24. The van der Waals surface area contributed by atoms with Crippen molar-refractivity contribution in [3.05, 3.63) is 40.6 Å². The van der Waals surface area contributed by atoms with Crippen LogP contribution in [-0.2, 0) is 0 Å². The highest BCUT2D eigenvalue weighted by Crippen LogP contribution is 2.39. The van der Waals surface area contributed by atoms with E-state index in [4.69, 9.17) is 0 Å². The summed E-state index contributed by atoms with van der Waals surface area (Å²) in [6, 6.07) is 2.94. The molecule has 0 bridgehead atoms. The second-order valence-corrected chi connectivity index (χ2v) is 5.81. The van der Waals surface area contributed by atoms with Crippen LogP contribution in [0.4, 0.5) is 4.39 Å². The Bertz CT molecular complexity index is 475. The standard InChI is InChI=1S/C15H20BrFN2O/c1-2-3-4-13(19-9-7-18-8-10-19)14-11(16)5-6-12(17)15(14)20/h2,5-6,13,18,20H,1,3-4,7-10H2/t13-/m1/s1. The lowest BCUT2D eigenvalue weighted by atomic mass is 9.98. The third-order valence-electron chi connectivity index (χ3n) is 3.68. The van der Waals surface area contributed by atoms with Gasteiger partial charge in [0, 0.05) is 42.3 Å². The number of hydrogen-bond donors (Lipinski definition) is 2. The maximum atomic E-state index is 13.7. The summed E-state index contributed by atoms with van der Waals surface area (Å²) in [6.07, 6.45) is 3.51. The van der Waals surface area contributed by atoms with Crippen LogP contribution < -0.4 is 5.32 Å². The quantitative estimate of drug-likeness (QED) is 0.806. The van der Waals surface area contributed by atoms with E-state index in [0.717, 1.165) is 43.5 Å². The number of benzene rings is 1. The first-order valence-corrected chi connectivity index (χ1v) is 7.67. The van der Waals surface area contributed by atoms with Gasteiger partial charge >= 0.3 is 0 Å². The van der Waals surface area contributed by atoms with Gasteiger partial charge in [-0.2, -0.15) is 0 Å². The summed E-state index contributed by atoms with van der Waals surface area (Å²) in [5.41, 5.74) is 0.647. The van der Waals surface area contributed by atoms with Crippen molar-refractivity contribution < 1.29 is 9.50 Å². The van der Waals surface area contributed by atoms with E-state index in [-0.39, 0.29) is 11.8 Å². The van der Waals surface area contributed by atoms with Crippen molar-refractivity contribution >= 4 is 15.9 Å². The summed E-state index contributed by atoms with van der Waals surface area (Å²) >= 11 is 3.45. The molecule has 0 unspecified atom stereocenters. The molecule has 0 spiro atoms. The predicted molar refractivity (Wildman–Crippen MR) is 82.4 cm³/mol. The van der Waals surface area contributed by atoms with Gasteiger partial charge in [0.05, 0.1) is 0 Å². The van der Waals surface area contributed by atoms with Gasteiger partial charge in [0.25, 0.3) is 0 Å². The van der Waals surface area contributed by atoms with Crippen molar-refractivity contribution in [2.45, 2.75) is 18.9 Å². The molecular weight excluding hydrogens is 323 g/mol. The van der Waals surface area contributed by atoms with Gasteiger partial charge in [-0.3, -0.25) is 4.90 Å². The summed E-state index contributed by atoms with van der Waals surface area (Å²) in [5.74, 6) is -0.811. The van der Waals surface area contributed by atoms with Crippen molar-refractivity contribution in [3.8, 4) is 5.75 Å². The fraction of sp³-hybridized carbons (Fsp3) is 0.467. The Kier molecular flexibility index (Phi) is 5.57. The Morgan fingerprint density at radius 1 is 1.45 bits per heavy atom. The molecule has 5 heteroatoms. The predicted octanol–water partition coefficient (Wildman–Crippen LogP) is 3.21. The number of phenolic OH excluding ortho intramolecular Hbond substituents is 1. The van der Waals surface area contributed by atoms with E-state index in [1.807, 2.05) is 6.08 Å². The summed E-state index contributed by atoms with van der Waals surface area (Å²) in [6.45, 7) is 7.37. The molecule has 0 saturated carbocycles. The molecule has 1 saturated heterocycles. The van der Waals surface area contributed by atoms with E-state index in [1.54, 1.807) is 6.07 Å². The van der Waals surface area contributed by atoms with E-state index in [0.29, 0.717) is 5.56 Å². The molecule has 2 rings (SSSR count). The Labute approximate surface area is 127 Å². The minimum Gasteiger partial charge on any atom is -0.505 e. The highest BCUT2D eigenvalue weighted by Gasteiger charge is 2.27. The average molecular weight is 343 g/mol. The number of aromatic hydroxyl groups is 1. The molecule has 1 atom stereocenters. The van der Waals surface area contributed by atoms with Crippen LogP contribution in [0.2, 0.25) is 0 Å². The van der Waals surface area contributed by atoms with Crippen molar-refractivity contribution in [1.29, 1.82) is 0 Å². The molecule has 2 N–H and O–H groups in total. The minimum absolute atomic E-state index is 0.000162. The summed E-state index contributed by atoms with van der Waals surface area (Å²) in [7, 11) is 0. The molecule has 1 aliphatic heterocycles. The van der Waals surface area contributed by atoms with E-state index < -0.39 is 5.82 Å². The monoisotopic (exact) mass is 342 g/mol. The normalized spacial score (nSPS) is 17.9. The minimum atomic E-state index is -0.568. The van der Waals surface area contributed by atoms with Crippen LogP contribution in [0.1, 0.15) is 24.4 Å². The lowest BCUT2D eigenvalue weighted by Gasteiger charge is -2.36. The van der Waals surface area contributed by atoms with Crippen LogP contribution in [0.3, 0.4) is 0 Å². The SMILES string of the molecule is C=CCC[C@H](c1c(Br)ccc(F)c1O)N1CCNCC1. The topological polar surface area (TPSA) is 35.5 Å². The highest BCUT2D eigenvalue weighted by atomic mass is 79.9. The van der Waals surface area contributed by atoms with Crippen LogP contribution in [-0.4, -0.2) is 36.2 Å². The van der Waals surface area contributed by atoms with Gasteiger partial charge in [-0.25, -0.2) is 4.39 Å². The molecular formula is C15H20BrFN2O. The molecule has 1 aromatic carbocycles. The first-order chi connectivity index (χ1) is 9.65. The Balaban J connectivity index is 2.34. The molecule has 110 valence electrons. The first-order valence-electron chi connectivity index (χ1n) is 6.87. The zero-order valence-electron chi connectivity index (χ0n) is 11.4. The van der Waals surface area contributed by atoms with Gasteiger partial charge in [0.15, 0.2) is 11.6 Å². The third kappa shape index (κ3) is 3.40. The molecule has 0 aliphatic carbocycles. The number of allylic oxidation sites excluding steroid dienone is 1. The van der Waals surface area contributed by atoms with Crippen molar-refractivity contribution in [2.24, 2.45) is 0 Å². The van der Waals surface area contributed by atoms with E-state index in [9.17, 15) is 9.50 Å². The van der Waals surface area contributed by atoms with E-state index >= 15 is 0 Å². The van der Waals surface area contributed by atoms with Crippen LogP contribution in [0.25, 0.3) is 0 Å². The summed E-state index contributed by atoms with van der Waals surface area (Å²) in [4.78, 5) is 2.29. The maximum absolute atomic E-state index is 13.7. The van der Waals surface area contributed by atoms with E-state index in [2.05, 4.69) is 32.7 Å². The Morgan fingerprint density at radius 3 is 2.80 bits per heavy atom. The summed E-state index contributed by atoms with van der Waals surface area (Å²) in [5, 5.41) is 13.4. The molecule has 20 heavy (non-hydrogen) atoms. The number of phenols is 1. The van der Waals surface area contributed by atoms with Gasteiger partial charge in [-0.15, -0.1) is 6.58 Å². The third-order valence-corrected chi connectivity index (χ3v) is 4.38. The second-order valence-electron chi connectivity index (χ2n) is 4.96. The average Bonchev–Trinajstić information content (AvgIpc) is 2.47. The van der Waals surface area contributed by atoms with Crippen molar-refractivity contribution in [1.82, 2.24) is 10.2 Å². The fourth-order valence-electron chi connectivity index (χ4n) is 2.65. The zero-order chi connectivity index (χ0) is 14.5. The zero-order valence-corrected chi connectivity index (χ0v) is 13.0. The van der Waals surface area contributed by atoms with Crippen LogP contribution >= 0.6 is 15.9 Å². The Hall–Kier alpha value is -0.910. The van der Waals surface area contributed by atoms with Gasteiger partial charge < -0.3 is 10.4 Å². The van der Waals surface area contributed by atoms with Gasteiger partial charge in [0.2, 0.25) is 0 Å². The van der Waals surface area contributed by atoms with Gasteiger partial charge in [-0.1, -0.05) is 22.0 Å². The van der Waals surface area contributed by atoms with Crippen LogP contribution in [0.5, 0.6) is 5.75 Å². The molecule has 1 fully saturated rings.